The van der Waals surface area contributed by atoms with Gasteiger partial charge < -0.3 is 10.5 Å². The standard InChI is InChI=1S/C13H25NO/c1-3-5-6-7-12(14)8-11-9-13(10-11)15-4-2/h3,11-13H,1,4-10,14H2,2H3. The molecule has 88 valence electrons. The minimum Gasteiger partial charge on any atom is -0.378 e. The van der Waals surface area contributed by atoms with Gasteiger partial charge in [0.1, 0.15) is 0 Å². The minimum absolute atomic E-state index is 0.387. The third kappa shape index (κ3) is 4.80. The molecule has 0 spiro atoms. The Morgan fingerprint density at radius 2 is 2.27 bits per heavy atom. The summed E-state index contributed by atoms with van der Waals surface area (Å²) >= 11 is 0. The normalized spacial score (nSPS) is 27.1. The van der Waals surface area contributed by atoms with Crippen LogP contribution in [0.15, 0.2) is 12.7 Å². The van der Waals surface area contributed by atoms with Gasteiger partial charge in [0.05, 0.1) is 6.10 Å². The van der Waals surface area contributed by atoms with Gasteiger partial charge in [-0.1, -0.05) is 6.08 Å². The summed E-state index contributed by atoms with van der Waals surface area (Å²) in [6, 6.07) is 0.387. The quantitative estimate of drug-likeness (QED) is 0.495. The Bertz CT molecular complexity index is 175. The third-order valence-corrected chi connectivity index (χ3v) is 3.21. The van der Waals surface area contributed by atoms with Gasteiger partial charge in [0.15, 0.2) is 0 Å². The Morgan fingerprint density at radius 3 is 2.87 bits per heavy atom. The second kappa shape index (κ2) is 7.02. The van der Waals surface area contributed by atoms with Gasteiger partial charge in [-0.3, -0.25) is 0 Å². The first-order chi connectivity index (χ1) is 7.26. The van der Waals surface area contributed by atoms with Crippen molar-refractivity contribution < 1.29 is 4.74 Å². The molecule has 1 saturated carbocycles. The van der Waals surface area contributed by atoms with E-state index in [1.165, 1.54) is 25.7 Å². The van der Waals surface area contributed by atoms with Crippen molar-refractivity contribution >= 4 is 0 Å². The fourth-order valence-corrected chi connectivity index (χ4v) is 2.31. The van der Waals surface area contributed by atoms with Crippen LogP contribution in [-0.2, 0) is 4.74 Å². The molecular weight excluding hydrogens is 186 g/mol. The highest BCUT2D eigenvalue weighted by Crippen LogP contribution is 2.33. The van der Waals surface area contributed by atoms with Crippen LogP contribution in [-0.4, -0.2) is 18.8 Å². The molecule has 15 heavy (non-hydrogen) atoms. The predicted molar refractivity (Wildman–Crippen MR) is 64.8 cm³/mol. The van der Waals surface area contributed by atoms with E-state index in [2.05, 4.69) is 13.5 Å². The summed E-state index contributed by atoms with van der Waals surface area (Å²) in [5.41, 5.74) is 6.07. The second-order valence-electron chi connectivity index (χ2n) is 4.63. The molecule has 1 aliphatic rings. The Labute approximate surface area is 93.9 Å². The van der Waals surface area contributed by atoms with E-state index < -0.39 is 0 Å². The second-order valence-corrected chi connectivity index (χ2v) is 4.63. The zero-order chi connectivity index (χ0) is 11.1. The third-order valence-electron chi connectivity index (χ3n) is 3.21. The number of allylic oxidation sites excluding steroid dienone is 1. The fourth-order valence-electron chi connectivity index (χ4n) is 2.31. The van der Waals surface area contributed by atoms with E-state index in [0.29, 0.717) is 12.1 Å². The highest BCUT2D eigenvalue weighted by molar-refractivity contribution is 4.83. The van der Waals surface area contributed by atoms with E-state index in [1.54, 1.807) is 0 Å². The number of nitrogens with two attached hydrogens (primary N) is 1. The van der Waals surface area contributed by atoms with Crippen molar-refractivity contribution in [3.8, 4) is 0 Å². The molecule has 0 aliphatic heterocycles. The van der Waals surface area contributed by atoms with E-state index in [0.717, 1.165) is 25.4 Å². The molecule has 0 heterocycles. The van der Waals surface area contributed by atoms with Crippen molar-refractivity contribution in [1.82, 2.24) is 0 Å². The maximum atomic E-state index is 6.07. The van der Waals surface area contributed by atoms with Gasteiger partial charge in [0.2, 0.25) is 0 Å². The molecule has 1 atom stereocenters. The van der Waals surface area contributed by atoms with Gasteiger partial charge in [-0.25, -0.2) is 0 Å². The van der Waals surface area contributed by atoms with Gasteiger partial charge in [-0.2, -0.15) is 0 Å². The Balaban J connectivity index is 1.98. The summed E-state index contributed by atoms with van der Waals surface area (Å²) in [7, 11) is 0. The molecule has 2 N–H and O–H groups in total. The molecule has 0 aromatic carbocycles. The first kappa shape index (κ1) is 12.7. The van der Waals surface area contributed by atoms with Gasteiger partial charge >= 0.3 is 0 Å². The van der Waals surface area contributed by atoms with Crippen LogP contribution in [0.5, 0.6) is 0 Å². The zero-order valence-electron chi connectivity index (χ0n) is 9.95. The fraction of sp³-hybridized carbons (Fsp3) is 0.846. The minimum atomic E-state index is 0.387. The largest absolute Gasteiger partial charge is 0.378 e. The van der Waals surface area contributed by atoms with Crippen LogP contribution in [0.2, 0.25) is 0 Å². The van der Waals surface area contributed by atoms with Gasteiger partial charge in [0.25, 0.3) is 0 Å². The smallest absolute Gasteiger partial charge is 0.0580 e. The van der Waals surface area contributed by atoms with Gasteiger partial charge in [-0.05, 0) is 51.4 Å². The average molecular weight is 211 g/mol. The monoisotopic (exact) mass is 211 g/mol. The average Bonchev–Trinajstić information content (AvgIpc) is 2.15. The Kier molecular flexibility index (Phi) is 5.96. The highest BCUT2D eigenvalue weighted by atomic mass is 16.5. The van der Waals surface area contributed by atoms with E-state index in [-0.39, 0.29) is 0 Å². The van der Waals surface area contributed by atoms with E-state index in [9.17, 15) is 0 Å². The van der Waals surface area contributed by atoms with E-state index >= 15 is 0 Å². The molecule has 1 rings (SSSR count). The molecule has 1 fully saturated rings. The Hall–Kier alpha value is -0.340. The lowest BCUT2D eigenvalue weighted by atomic mass is 9.77. The molecule has 0 amide bonds. The van der Waals surface area contributed by atoms with E-state index in [4.69, 9.17) is 10.5 Å². The first-order valence-corrected chi connectivity index (χ1v) is 6.24. The van der Waals surface area contributed by atoms with Crippen LogP contribution in [0, 0.1) is 5.92 Å². The lowest BCUT2D eigenvalue weighted by Crippen LogP contribution is -2.35. The number of ether oxygens (including phenoxy) is 1. The molecular formula is C13H25NO. The molecule has 1 aliphatic carbocycles. The topological polar surface area (TPSA) is 35.2 Å². The van der Waals surface area contributed by atoms with Crippen LogP contribution < -0.4 is 5.73 Å². The summed E-state index contributed by atoms with van der Waals surface area (Å²) in [4.78, 5) is 0. The SMILES string of the molecule is C=CCCCC(N)CC1CC(OCC)C1. The molecule has 2 nitrogen and oxygen atoms in total. The van der Waals surface area contributed by atoms with Crippen molar-refractivity contribution in [1.29, 1.82) is 0 Å². The summed E-state index contributed by atoms with van der Waals surface area (Å²) < 4.78 is 5.53. The van der Waals surface area contributed by atoms with Gasteiger partial charge in [0, 0.05) is 12.6 Å². The maximum absolute atomic E-state index is 6.07. The lowest BCUT2D eigenvalue weighted by Gasteiger charge is -2.36. The predicted octanol–water partition coefficient (Wildman–Crippen LogP) is 2.88. The van der Waals surface area contributed by atoms with Crippen LogP contribution in [0.4, 0.5) is 0 Å². The number of unbranched alkanes of at least 4 members (excludes halogenated alkanes) is 1. The zero-order valence-corrected chi connectivity index (χ0v) is 9.95. The first-order valence-electron chi connectivity index (χ1n) is 6.24. The van der Waals surface area contributed by atoms with Crippen molar-refractivity contribution in [3.05, 3.63) is 12.7 Å². The number of hydrogen-bond donors (Lipinski definition) is 1. The molecule has 1 unspecified atom stereocenters. The summed E-state index contributed by atoms with van der Waals surface area (Å²) in [6.07, 6.45) is 9.56. The van der Waals surface area contributed by atoms with Crippen molar-refractivity contribution in [2.24, 2.45) is 11.7 Å². The molecule has 0 saturated heterocycles. The molecule has 2 heteroatoms. The van der Waals surface area contributed by atoms with Crippen LogP contribution in [0.25, 0.3) is 0 Å². The molecule has 0 bridgehead atoms. The summed E-state index contributed by atoms with van der Waals surface area (Å²) in [6.45, 7) is 6.63. The van der Waals surface area contributed by atoms with Crippen molar-refractivity contribution in [2.75, 3.05) is 6.61 Å². The van der Waals surface area contributed by atoms with Crippen LogP contribution in [0.1, 0.15) is 45.4 Å². The summed E-state index contributed by atoms with van der Waals surface area (Å²) in [5.74, 6) is 0.820. The van der Waals surface area contributed by atoms with Crippen LogP contribution in [0.3, 0.4) is 0 Å². The molecule has 0 aromatic heterocycles. The van der Waals surface area contributed by atoms with Crippen molar-refractivity contribution in [2.45, 2.75) is 57.6 Å². The number of hydrogen-bond acceptors (Lipinski definition) is 2. The highest BCUT2D eigenvalue weighted by Gasteiger charge is 2.30. The number of rotatable bonds is 8. The van der Waals surface area contributed by atoms with Crippen molar-refractivity contribution in [3.63, 3.8) is 0 Å². The van der Waals surface area contributed by atoms with Crippen LogP contribution >= 0.6 is 0 Å². The van der Waals surface area contributed by atoms with E-state index in [1.807, 2.05) is 6.08 Å². The van der Waals surface area contributed by atoms with Gasteiger partial charge in [-0.15, -0.1) is 6.58 Å². The molecule has 0 radical (unpaired) electrons. The molecule has 0 aromatic rings. The lowest BCUT2D eigenvalue weighted by molar-refractivity contribution is -0.0283. The maximum Gasteiger partial charge on any atom is 0.0580 e. The Morgan fingerprint density at radius 1 is 1.53 bits per heavy atom. The summed E-state index contributed by atoms with van der Waals surface area (Å²) in [5, 5.41) is 0.